The number of rotatable bonds is 2. The van der Waals surface area contributed by atoms with Gasteiger partial charge in [-0.3, -0.25) is 0 Å². The Balaban J connectivity index is 2.90. The summed E-state index contributed by atoms with van der Waals surface area (Å²) in [6, 6.07) is 1.52. The first-order valence-corrected chi connectivity index (χ1v) is 4.06. The smallest absolute Gasteiger partial charge is 0.345 e. The zero-order chi connectivity index (χ0) is 8.43. The molecule has 4 heteroatoms. The van der Waals surface area contributed by atoms with E-state index in [9.17, 15) is 4.79 Å². The van der Waals surface area contributed by atoms with Gasteiger partial charge >= 0.3 is 5.97 Å². The highest BCUT2D eigenvalue weighted by Crippen LogP contribution is 2.18. The number of hydrogen-bond donors (Lipinski definition) is 2. The summed E-state index contributed by atoms with van der Waals surface area (Å²) < 4.78 is 0. The second-order valence-corrected chi connectivity index (χ2v) is 3.25. The zero-order valence-electron chi connectivity index (χ0n) is 6.07. The Bertz CT molecular complexity index is 267. The van der Waals surface area contributed by atoms with Crippen LogP contribution in [0.15, 0.2) is 11.4 Å². The van der Waals surface area contributed by atoms with Crippen LogP contribution in [0.4, 0.5) is 0 Å². The predicted octanol–water partition coefficient (Wildman–Crippen LogP) is 1.47. The van der Waals surface area contributed by atoms with Gasteiger partial charge in [-0.05, 0) is 23.9 Å². The lowest BCUT2D eigenvalue weighted by atomic mass is 10.2. The van der Waals surface area contributed by atoms with Crippen molar-refractivity contribution in [3.05, 3.63) is 21.9 Å². The Kier molecular flexibility index (Phi) is 2.26. The van der Waals surface area contributed by atoms with E-state index in [4.69, 9.17) is 10.8 Å². The maximum Gasteiger partial charge on any atom is 0.345 e. The van der Waals surface area contributed by atoms with Crippen LogP contribution in [0.25, 0.3) is 0 Å². The third kappa shape index (κ3) is 1.78. The molecule has 0 aliphatic rings. The number of carbonyl (C=O) groups is 1. The highest BCUT2D eigenvalue weighted by atomic mass is 32.1. The van der Waals surface area contributed by atoms with Crippen molar-refractivity contribution in [2.45, 2.75) is 13.0 Å². The van der Waals surface area contributed by atoms with Crippen LogP contribution in [0.1, 0.15) is 28.2 Å². The first-order chi connectivity index (χ1) is 5.11. The maximum absolute atomic E-state index is 10.4. The topological polar surface area (TPSA) is 63.3 Å². The van der Waals surface area contributed by atoms with Gasteiger partial charge in [0, 0.05) is 6.04 Å². The maximum atomic E-state index is 10.4. The van der Waals surface area contributed by atoms with Crippen molar-refractivity contribution >= 4 is 17.3 Å². The lowest BCUT2D eigenvalue weighted by Crippen LogP contribution is -2.03. The molecular formula is C7H9NO2S. The van der Waals surface area contributed by atoms with Crippen LogP contribution < -0.4 is 5.73 Å². The van der Waals surface area contributed by atoms with Crippen LogP contribution in [0.2, 0.25) is 0 Å². The predicted molar refractivity (Wildman–Crippen MR) is 43.9 cm³/mol. The molecule has 3 nitrogen and oxygen atoms in total. The molecule has 1 atom stereocenters. The van der Waals surface area contributed by atoms with Crippen LogP contribution in [-0.2, 0) is 0 Å². The van der Waals surface area contributed by atoms with Crippen molar-refractivity contribution in [1.29, 1.82) is 0 Å². The Labute approximate surface area is 68.5 Å². The minimum atomic E-state index is -0.887. The van der Waals surface area contributed by atoms with E-state index < -0.39 is 5.97 Å². The fourth-order valence-electron chi connectivity index (χ4n) is 0.702. The van der Waals surface area contributed by atoms with Crippen molar-refractivity contribution in [1.82, 2.24) is 0 Å². The van der Waals surface area contributed by atoms with Crippen LogP contribution in [0.5, 0.6) is 0 Å². The fourth-order valence-corrected chi connectivity index (χ4v) is 1.55. The molecule has 1 rings (SSSR count). The van der Waals surface area contributed by atoms with Gasteiger partial charge in [0.25, 0.3) is 0 Å². The largest absolute Gasteiger partial charge is 0.477 e. The van der Waals surface area contributed by atoms with Gasteiger partial charge in [0.2, 0.25) is 0 Å². The molecule has 0 unspecified atom stereocenters. The first-order valence-electron chi connectivity index (χ1n) is 3.18. The van der Waals surface area contributed by atoms with E-state index in [2.05, 4.69) is 0 Å². The molecule has 0 aromatic carbocycles. The summed E-state index contributed by atoms with van der Waals surface area (Å²) >= 11 is 1.21. The molecule has 60 valence electrons. The van der Waals surface area contributed by atoms with E-state index in [0.29, 0.717) is 4.88 Å². The van der Waals surface area contributed by atoms with Crippen LogP contribution in [-0.4, -0.2) is 11.1 Å². The summed E-state index contributed by atoms with van der Waals surface area (Å²) in [6.07, 6.45) is 0. The molecule has 0 aliphatic heterocycles. The number of hydrogen-bond acceptors (Lipinski definition) is 3. The van der Waals surface area contributed by atoms with Crippen molar-refractivity contribution < 1.29 is 9.90 Å². The molecule has 1 heterocycles. The molecule has 1 aromatic rings. The van der Waals surface area contributed by atoms with Gasteiger partial charge in [-0.25, -0.2) is 4.79 Å². The molecule has 3 N–H and O–H groups in total. The number of carboxylic acids is 1. The Morgan fingerprint density at radius 2 is 2.45 bits per heavy atom. The van der Waals surface area contributed by atoms with Crippen LogP contribution in [0, 0.1) is 0 Å². The summed E-state index contributed by atoms with van der Waals surface area (Å²) in [7, 11) is 0. The Hall–Kier alpha value is -0.870. The van der Waals surface area contributed by atoms with Crippen LogP contribution in [0.3, 0.4) is 0 Å². The molecule has 0 aliphatic carbocycles. The normalized spacial score (nSPS) is 12.9. The summed E-state index contributed by atoms with van der Waals surface area (Å²) in [5.41, 5.74) is 6.42. The van der Waals surface area contributed by atoms with Crippen molar-refractivity contribution in [2.75, 3.05) is 0 Å². The Morgan fingerprint density at radius 1 is 1.82 bits per heavy atom. The van der Waals surface area contributed by atoms with Gasteiger partial charge in [0.05, 0.1) is 0 Å². The van der Waals surface area contributed by atoms with Crippen molar-refractivity contribution in [3.8, 4) is 0 Å². The molecule has 0 fully saturated rings. The van der Waals surface area contributed by atoms with E-state index in [1.165, 1.54) is 11.3 Å². The van der Waals surface area contributed by atoms with Gasteiger partial charge in [-0.1, -0.05) is 0 Å². The number of thiophene rings is 1. The zero-order valence-corrected chi connectivity index (χ0v) is 6.89. The first kappa shape index (κ1) is 8.23. The average molecular weight is 171 g/mol. The van der Waals surface area contributed by atoms with Crippen molar-refractivity contribution in [2.24, 2.45) is 5.73 Å². The molecule has 11 heavy (non-hydrogen) atoms. The van der Waals surface area contributed by atoms with Gasteiger partial charge in [-0.15, -0.1) is 11.3 Å². The summed E-state index contributed by atoms with van der Waals surface area (Å²) in [5, 5.41) is 10.3. The van der Waals surface area contributed by atoms with E-state index in [1.54, 1.807) is 11.4 Å². The number of carboxylic acid groups (broad SMARTS) is 1. The minimum Gasteiger partial charge on any atom is -0.477 e. The molecule has 0 spiro atoms. The molecule has 1 aromatic heterocycles. The second kappa shape index (κ2) is 3.02. The van der Waals surface area contributed by atoms with Gasteiger partial charge in [0.1, 0.15) is 4.88 Å². The molecule has 0 saturated carbocycles. The number of aromatic carboxylic acids is 1. The lowest BCUT2D eigenvalue weighted by molar-refractivity contribution is 0.0702. The molecule has 0 bridgehead atoms. The van der Waals surface area contributed by atoms with E-state index in [1.807, 2.05) is 6.92 Å². The lowest BCUT2D eigenvalue weighted by Gasteiger charge is -1.97. The highest BCUT2D eigenvalue weighted by molar-refractivity contribution is 7.12. The van der Waals surface area contributed by atoms with E-state index >= 15 is 0 Å². The third-order valence-electron chi connectivity index (χ3n) is 1.36. The van der Waals surface area contributed by atoms with E-state index in [-0.39, 0.29) is 6.04 Å². The monoisotopic (exact) mass is 171 g/mol. The minimum absolute atomic E-state index is 0.0839. The molecule has 0 saturated heterocycles. The fraction of sp³-hybridized carbons (Fsp3) is 0.286. The highest BCUT2D eigenvalue weighted by Gasteiger charge is 2.08. The van der Waals surface area contributed by atoms with Crippen LogP contribution >= 0.6 is 11.3 Å². The second-order valence-electron chi connectivity index (χ2n) is 2.34. The van der Waals surface area contributed by atoms with E-state index in [0.717, 1.165) is 5.56 Å². The molecule has 0 radical (unpaired) electrons. The standard InChI is InChI=1S/C7H9NO2S/c1-4(8)5-2-6(7(9)10)11-3-5/h2-4H,8H2,1H3,(H,9,10)/t4-/m0/s1. The quantitative estimate of drug-likeness (QED) is 0.708. The third-order valence-corrected chi connectivity index (χ3v) is 2.29. The number of nitrogens with two attached hydrogens (primary N) is 1. The summed E-state index contributed by atoms with van der Waals surface area (Å²) in [6.45, 7) is 1.83. The molecular weight excluding hydrogens is 162 g/mol. The molecule has 0 amide bonds. The van der Waals surface area contributed by atoms with Gasteiger partial charge < -0.3 is 10.8 Å². The summed E-state index contributed by atoms with van der Waals surface area (Å²) in [4.78, 5) is 10.8. The average Bonchev–Trinajstić information content (AvgIpc) is 2.33. The van der Waals surface area contributed by atoms with Gasteiger partial charge in [-0.2, -0.15) is 0 Å². The van der Waals surface area contributed by atoms with Crippen molar-refractivity contribution in [3.63, 3.8) is 0 Å². The van der Waals surface area contributed by atoms with Gasteiger partial charge in [0.15, 0.2) is 0 Å². The summed E-state index contributed by atoms with van der Waals surface area (Å²) in [5.74, 6) is -0.887. The SMILES string of the molecule is C[C@H](N)c1csc(C(=O)O)c1. The Morgan fingerprint density at radius 3 is 2.73 bits per heavy atom.